The van der Waals surface area contributed by atoms with Crippen molar-refractivity contribution in [1.29, 1.82) is 0 Å². The number of ether oxygens (including phenoxy) is 4. The number of carbonyl (C=O) groups excluding carboxylic acids is 4. The van der Waals surface area contributed by atoms with Gasteiger partial charge in [-0.15, -0.1) is 0 Å². The average molecular weight is 509 g/mol. The first-order valence-electron chi connectivity index (χ1n) is 11.6. The summed E-state index contributed by atoms with van der Waals surface area (Å²) in [6, 6.07) is 0. The van der Waals surface area contributed by atoms with Crippen molar-refractivity contribution in [3.63, 3.8) is 0 Å². The highest BCUT2D eigenvalue weighted by molar-refractivity contribution is 5.90. The first kappa shape index (κ1) is 30.8. The first-order valence-corrected chi connectivity index (χ1v) is 11.6. The molecule has 1 aliphatic rings. The molecule has 36 heavy (non-hydrogen) atoms. The smallest absolute Gasteiger partial charge is 0.333 e. The lowest BCUT2D eigenvalue weighted by atomic mass is 9.84. The van der Waals surface area contributed by atoms with Crippen LogP contribution in [0.1, 0.15) is 55.4 Å². The molecule has 0 aromatic heterocycles. The van der Waals surface area contributed by atoms with Gasteiger partial charge in [0.25, 0.3) is 0 Å². The fraction of sp³-hybridized carbons (Fsp3) is 0.538. The molecule has 0 amide bonds. The number of aliphatic hydroxyl groups is 2. The Morgan fingerprint density at radius 2 is 0.694 bits per heavy atom. The standard InChI is InChI=1S/C26H36O10/c1-9-13(5)23(29)33-19-17(27)20(34-24(30)14(6)10-2)22(36-26(32)16(8)12-4)21(18(19)28)35-25(31)15(7)11-3/h9-12,17-22,27-28H,1-8H3/b13-9+,14-10+,15-11+,16-12+/t17-,18-,19?,20-,21+,22?/m0/s1. The zero-order valence-corrected chi connectivity index (χ0v) is 21.9. The highest BCUT2D eigenvalue weighted by atomic mass is 16.6. The number of aliphatic hydroxyl groups excluding tert-OH is 2. The second-order valence-corrected chi connectivity index (χ2v) is 8.35. The zero-order chi connectivity index (χ0) is 27.7. The second kappa shape index (κ2) is 13.7. The molecular formula is C26H36O10. The van der Waals surface area contributed by atoms with E-state index in [0.717, 1.165) is 0 Å². The van der Waals surface area contributed by atoms with Crippen molar-refractivity contribution in [3.05, 3.63) is 46.6 Å². The van der Waals surface area contributed by atoms with E-state index in [9.17, 15) is 29.4 Å². The lowest BCUT2D eigenvalue weighted by Crippen LogP contribution is -2.67. The highest BCUT2D eigenvalue weighted by Gasteiger charge is 2.57. The van der Waals surface area contributed by atoms with E-state index in [1.165, 1.54) is 52.0 Å². The van der Waals surface area contributed by atoms with Crippen LogP contribution in [0.25, 0.3) is 0 Å². The van der Waals surface area contributed by atoms with Crippen LogP contribution in [0.4, 0.5) is 0 Å². The fourth-order valence-electron chi connectivity index (χ4n) is 3.04. The van der Waals surface area contributed by atoms with Gasteiger partial charge in [-0.25, -0.2) is 19.2 Å². The minimum Gasteiger partial charge on any atom is -0.453 e. The normalized spacial score (nSPS) is 27.7. The van der Waals surface area contributed by atoms with Crippen molar-refractivity contribution in [2.75, 3.05) is 0 Å². The number of allylic oxidation sites excluding steroid dienone is 4. The van der Waals surface area contributed by atoms with Gasteiger partial charge in [-0.3, -0.25) is 0 Å². The second-order valence-electron chi connectivity index (χ2n) is 8.35. The third-order valence-corrected chi connectivity index (χ3v) is 5.99. The maximum Gasteiger partial charge on any atom is 0.333 e. The Balaban J connectivity index is 3.63. The van der Waals surface area contributed by atoms with Crippen molar-refractivity contribution < 1.29 is 48.3 Å². The number of carbonyl (C=O) groups is 4. The summed E-state index contributed by atoms with van der Waals surface area (Å²) in [7, 11) is 0. The molecule has 10 nitrogen and oxygen atoms in total. The highest BCUT2D eigenvalue weighted by Crippen LogP contribution is 2.32. The Morgan fingerprint density at radius 3 is 0.944 bits per heavy atom. The molecule has 0 radical (unpaired) electrons. The van der Waals surface area contributed by atoms with Crippen LogP contribution in [-0.4, -0.2) is 70.7 Å². The molecule has 2 N–H and O–H groups in total. The number of rotatable bonds is 8. The van der Waals surface area contributed by atoms with Gasteiger partial charge in [0.05, 0.1) is 0 Å². The third-order valence-electron chi connectivity index (χ3n) is 5.99. The molecule has 1 saturated carbocycles. The Morgan fingerprint density at radius 1 is 0.472 bits per heavy atom. The van der Waals surface area contributed by atoms with Gasteiger partial charge in [-0.2, -0.15) is 0 Å². The Bertz CT molecular complexity index is 925. The summed E-state index contributed by atoms with van der Waals surface area (Å²) in [4.78, 5) is 50.3. The molecule has 2 unspecified atom stereocenters. The summed E-state index contributed by atoms with van der Waals surface area (Å²) in [6.07, 6.45) is -4.41. The molecule has 0 heterocycles. The van der Waals surface area contributed by atoms with Crippen molar-refractivity contribution in [1.82, 2.24) is 0 Å². The van der Waals surface area contributed by atoms with E-state index in [-0.39, 0.29) is 22.3 Å². The Hall–Kier alpha value is -3.24. The maximum atomic E-state index is 12.6. The maximum absolute atomic E-state index is 12.6. The van der Waals surface area contributed by atoms with E-state index >= 15 is 0 Å². The van der Waals surface area contributed by atoms with Crippen LogP contribution in [0.2, 0.25) is 0 Å². The van der Waals surface area contributed by atoms with Crippen LogP contribution in [0.3, 0.4) is 0 Å². The van der Waals surface area contributed by atoms with Gasteiger partial charge >= 0.3 is 23.9 Å². The number of esters is 4. The molecule has 0 saturated heterocycles. The summed E-state index contributed by atoms with van der Waals surface area (Å²) in [6.45, 7) is 12.3. The SMILES string of the molecule is C/C=C(\C)C(=O)OC1[C@H](O)[C@H](OC(=O)/C(C)=C/C)C(OC(=O)/C(C)=C/C)[C@H](OC(=O)/C(C)=C/C)[C@H]1O. The van der Waals surface area contributed by atoms with E-state index in [2.05, 4.69) is 0 Å². The molecule has 0 aliphatic heterocycles. The largest absolute Gasteiger partial charge is 0.453 e. The van der Waals surface area contributed by atoms with Gasteiger partial charge in [0, 0.05) is 22.3 Å². The molecular weight excluding hydrogens is 472 g/mol. The fourth-order valence-corrected chi connectivity index (χ4v) is 3.04. The molecule has 6 atom stereocenters. The Labute approximate surface area is 211 Å². The van der Waals surface area contributed by atoms with Crippen molar-refractivity contribution in [2.24, 2.45) is 0 Å². The molecule has 0 aromatic carbocycles. The molecule has 1 rings (SSSR count). The molecule has 10 heteroatoms. The van der Waals surface area contributed by atoms with Gasteiger partial charge in [-0.05, 0) is 55.4 Å². The summed E-state index contributed by atoms with van der Waals surface area (Å²) in [5.41, 5.74) is 0.725. The van der Waals surface area contributed by atoms with Crippen molar-refractivity contribution in [3.8, 4) is 0 Å². The molecule has 0 spiro atoms. The van der Waals surface area contributed by atoms with Gasteiger partial charge in [0.2, 0.25) is 0 Å². The molecule has 1 aliphatic carbocycles. The monoisotopic (exact) mass is 508 g/mol. The van der Waals surface area contributed by atoms with Crippen LogP contribution < -0.4 is 0 Å². The molecule has 0 aromatic rings. The van der Waals surface area contributed by atoms with Gasteiger partial charge in [0.15, 0.2) is 24.4 Å². The van der Waals surface area contributed by atoms with E-state index in [1.807, 2.05) is 0 Å². The van der Waals surface area contributed by atoms with Crippen LogP contribution in [0.15, 0.2) is 46.6 Å². The van der Waals surface area contributed by atoms with Crippen LogP contribution in [-0.2, 0) is 38.1 Å². The summed E-state index contributed by atoms with van der Waals surface area (Å²) in [5, 5.41) is 22.2. The summed E-state index contributed by atoms with van der Waals surface area (Å²) < 4.78 is 21.7. The summed E-state index contributed by atoms with van der Waals surface area (Å²) >= 11 is 0. The van der Waals surface area contributed by atoms with Crippen molar-refractivity contribution >= 4 is 23.9 Å². The van der Waals surface area contributed by atoms with Gasteiger partial charge < -0.3 is 29.2 Å². The van der Waals surface area contributed by atoms with Crippen LogP contribution in [0.5, 0.6) is 0 Å². The lowest BCUT2D eigenvalue weighted by molar-refractivity contribution is -0.249. The van der Waals surface area contributed by atoms with Crippen molar-refractivity contribution in [2.45, 2.75) is 92.0 Å². The third kappa shape index (κ3) is 7.38. The van der Waals surface area contributed by atoms with E-state index < -0.39 is 60.5 Å². The van der Waals surface area contributed by atoms with E-state index in [1.54, 1.807) is 27.7 Å². The molecule has 1 fully saturated rings. The van der Waals surface area contributed by atoms with Gasteiger partial charge in [-0.1, -0.05) is 24.3 Å². The predicted molar refractivity (Wildman–Crippen MR) is 129 cm³/mol. The minimum absolute atomic E-state index is 0.180. The minimum atomic E-state index is -1.83. The zero-order valence-electron chi connectivity index (χ0n) is 21.9. The van der Waals surface area contributed by atoms with E-state index in [0.29, 0.717) is 0 Å². The number of hydrogen-bond acceptors (Lipinski definition) is 10. The first-order chi connectivity index (χ1) is 16.8. The van der Waals surface area contributed by atoms with Gasteiger partial charge in [0.1, 0.15) is 12.2 Å². The van der Waals surface area contributed by atoms with Crippen LogP contribution >= 0.6 is 0 Å². The molecule has 200 valence electrons. The predicted octanol–water partition coefficient (Wildman–Crippen LogP) is 2.23. The Kier molecular flexibility index (Phi) is 11.8. The topological polar surface area (TPSA) is 146 Å². The van der Waals surface area contributed by atoms with Crippen LogP contribution in [0, 0.1) is 0 Å². The van der Waals surface area contributed by atoms with E-state index in [4.69, 9.17) is 18.9 Å². The number of hydrogen-bond donors (Lipinski definition) is 2. The molecule has 0 bridgehead atoms. The summed E-state index contributed by atoms with van der Waals surface area (Å²) in [5.74, 6) is -3.42. The quantitative estimate of drug-likeness (QED) is 0.284. The lowest BCUT2D eigenvalue weighted by Gasteiger charge is -2.45. The average Bonchev–Trinajstić information content (AvgIpc) is 2.87.